The maximum Gasteiger partial charge on any atom is 0.233 e. The monoisotopic (exact) mass is 210 g/mol. The molecule has 82 valence electrons. The van der Waals surface area contributed by atoms with Gasteiger partial charge in [0.2, 0.25) is 5.88 Å². The fourth-order valence-electron chi connectivity index (χ4n) is 1.64. The largest absolute Gasteiger partial charge is 0.480 e. The van der Waals surface area contributed by atoms with Crippen LogP contribution in [-0.2, 0) is 4.74 Å². The molecule has 1 aromatic heterocycles. The average Bonchev–Trinajstić information content (AvgIpc) is 2.82. The van der Waals surface area contributed by atoms with E-state index in [-0.39, 0.29) is 5.92 Å². The van der Waals surface area contributed by atoms with Gasteiger partial charge in [-0.1, -0.05) is 0 Å². The van der Waals surface area contributed by atoms with Crippen molar-refractivity contribution in [2.45, 2.75) is 12.5 Å². The van der Waals surface area contributed by atoms with Crippen LogP contribution in [0.25, 0.3) is 0 Å². The smallest absolute Gasteiger partial charge is 0.233 e. The van der Waals surface area contributed by atoms with Gasteiger partial charge in [-0.25, -0.2) is 0 Å². The summed E-state index contributed by atoms with van der Waals surface area (Å²) in [7, 11) is 1.53. The molecule has 0 aliphatic carbocycles. The molecule has 1 aliphatic heterocycles. The Hall–Kier alpha value is -1.20. The van der Waals surface area contributed by atoms with E-state index in [2.05, 4.69) is 10.2 Å². The van der Waals surface area contributed by atoms with E-state index in [4.69, 9.17) is 9.47 Å². The topological polar surface area (TPSA) is 64.5 Å². The minimum absolute atomic E-state index is 0.132. The van der Waals surface area contributed by atoms with Crippen LogP contribution in [0.1, 0.15) is 18.2 Å². The number of rotatable bonds is 3. The fraction of sp³-hybridized carbons (Fsp3) is 0.600. The minimum atomic E-state index is -0.592. The van der Waals surface area contributed by atoms with Crippen molar-refractivity contribution in [2.75, 3.05) is 20.3 Å². The number of hydrogen-bond acceptors (Lipinski definition) is 5. The van der Waals surface area contributed by atoms with Gasteiger partial charge in [0.05, 0.1) is 19.4 Å². The van der Waals surface area contributed by atoms with E-state index in [9.17, 15) is 5.11 Å². The second-order valence-corrected chi connectivity index (χ2v) is 3.57. The summed E-state index contributed by atoms with van der Waals surface area (Å²) in [6.07, 6.45) is 0.278. The SMILES string of the molecule is COc1ccc(C(O)C2CCOC2)nn1. The summed E-state index contributed by atoms with van der Waals surface area (Å²) in [5, 5.41) is 17.7. The maximum atomic E-state index is 9.96. The molecule has 0 spiro atoms. The van der Waals surface area contributed by atoms with Crippen LogP contribution in [0.4, 0.5) is 0 Å². The molecule has 0 saturated carbocycles. The van der Waals surface area contributed by atoms with Crippen LogP contribution in [0.15, 0.2) is 12.1 Å². The van der Waals surface area contributed by atoms with Crippen LogP contribution in [-0.4, -0.2) is 35.6 Å². The molecular formula is C10H14N2O3. The van der Waals surface area contributed by atoms with E-state index in [1.807, 2.05) is 0 Å². The first-order chi connectivity index (χ1) is 7.31. The Bertz CT molecular complexity index is 309. The van der Waals surface area contributed by atoms with Gasteiger partial charge >= 0.3 is 0 Å². The second-order valence-electron chi connectivity index (χ2n) is 3.57. The molecule has 1 fully saturated rings. The maximum absolute atomic E-state index is 9.96. The molecule has 2 unspecified atom stereocenters. The van der Waals surface area contributed by atoms with E-state index < -0.39 is 6.10 Å². The summed E-state index contributed by atoms with van der Waals surface area (Å²) >= 11 is 0. The number of methoxy groups -OCH3 is 1. The van der Waals surface area contributed by atoms with Crippen LogP contribution in [0.2, 0.25) is 0 Å². The fourth-order valence-corrected chi connectivity index (χ4v) is 1.64. The lowest BCUT2D eigenvalue weighted by atomic mass is 9.99. The molecule has 5 nitrogen and oxygen atoms in total. The number of aromatic nitrogens is 2. The Morgan fingerprint density at radius 2 is 2.40 bits per heavy atom. The molecule has 0 amide bonds. The van der Waals surface area contributed by atoms with Crippen LogP contribution < -0.4 is 4.74 Å². The number of aliphatic hydroxyl groups excluding tert-OH is 1. The Morgan fingerprint density at radius 1 is 1.53 bits per heavy atom. The Kier molecular flexibility index (Phi) is 3.13. The standard InChI is InChI=1S/C10H14N2O3/c1-14-9-3-2-8(11-12-9)10(13)7-4-5-15-6-7/h2-3,7,10,13H,4-6H2,1H3. The van der Waals surface area contributed by atoms with Crippen molar-refractivity contribution in [3.63, 3.8) is 0 Å². The van der Waals surface area contributed by atoms with Crippen molar-refractivity contribution in [2.24, 2.45) is 5.92 Å². The first kappa shape index (κ1) is 10.3. The van der Waals surface area contributed by atoms with E-state index in [0.717, 1.165) is 6.42 Å². The number of nitrogens with zero attached hydrogens (tertiary/aromatic N) is 2. The highest BCUT2D eigenvalue weighted by Gasteiger charge is 2.26. The summed E-state index contributed by atoms with van der Waals surface area (Å²) in [4.78, 5) is 0. The lowest BCUT2D eigenvalue weighted by Gasteiger charge is -2.14. The molecule has 15 heavy (non-hydrogen) atoms. The minimum Gasteiger partial charge on any atom is -0.480 e. The molecule has 1 saturated heterocycles. The Balaban J connectivity index is 2.07. The quantitative estimate of drug-likeness (QED) is 0.789. The average molecular weight is 210 g/mol. The molecule has 1 aromatic rings. The Morgan fingerprint density at radius 3 is 2.93 bits per heavy atom. The van der Waals surface area contributed by atoms with Crippen LogP contribution in [0.3, 0.4) is 0 Å². The van der Waals surface area contributed by atoms with Gasteiger partial charge in [0.25, 0.3) is 0 Å². The second kappa shape index (κ2) is 4.55. The molecule has 0 bridgehead atoms. The van der Waals surface area contributed by atoms with E-state index in [1.54, 1.807) is 12.1 Å². The van der Waals surface area contributed by atoms with E-state index in [1.165, 1.54) is 7.11 Å². The third-order valence-electron chi connectivity index (χ3n) is 2.58. The summed E-state index contributed by atoms with van der Waals surface area (Å²) in [6, 6.07) is 3.43. The van der Waals surface area contributed by atoms with E-state index in [0.29, 0.717) is 24.8 Å². The zero-order chi connectivity index (χ0) is 10.7. The molecular weight excluding hydrogens is 196 g/mol. The highest BCUT2D eigenvalue weighted by molar-refractivity contribution is 5.13. The first-order valence-electron chi connectivity index (χ1n) is 4.94. The van der Waals surface area contributed by atoms with Crippen molar-refractivity contribution >= 4 is 0 Å². The molecule has 2 rings (SSSR count). The summed E-state index contributed by atoms with van der Waals surface area (Å²) in [5.41, 5.74) is 0.575. The van der Waals surface area contributed by atoms with Crippen LogP contribution in [0, 0.1) is 5.92 Å². The van der Waals surface area contributed by atoms with Gasteiger partial charge in [0.1, 0.15) is 6.10 Å². The van der Waals surface area contributed by atoms with Crippen molar-refractivity contribution in [3.8, 4) is 5.88 Å². The molecule has 0 radical (unpaired) electrons. The van der Waals surface area contributed by atoms with Gasteiger partial charge in [-0.15, -0.1) is 10.2 Å². The van der Waals surface area contributed by atoms with Crippen LogP contribution >= 0.6 is 0 Å². The third kappa shape index (κ3) is 2.24. The molecule has 1 N–H and O–H groups in total. The van der Waals surface area contributed by atoms with E-state index >= 15 is 0 Å². The van der Waals surface area contributed by atoms with Gasteiger partial charge in [-0.2, -0.15) is 0 Å². The third-order valence-corrected chi connectivity index (χ3v) is 2.58. The van der Waals surface area contributed by atoms with Crippen molar-refractivity contribution in [1.82, 2.24) is 10.2 Å². The highest BCUT2D eigenvalue weighted by Crippen LogP contribution is 2.27. The molecule has 5 heteroatoms. The summed E-state index contributed by atoms with van der Waals surface area (Å²) < 4.78 is 10.1. The summed E-state index contributed by atoms with van der Waals surface area (Å²) in [5.74, 6) is 0.585. The molecule has 2 heterocycles. The van der Waals surface area contributed by atoms with Crippen molar-refractivity contribution < 1.29 is 14.6 Å². The predicted octanol–water partition coefficient (Wildman–Crippen LogP) is 0.555. The van der Waals surface area contributed by atoms with Gasteiger partial charge in [-0.05, 0) is 12.5 Å². The lowest BCUT2D eigenvalue weighted by Crippen LogP contribution is -2.14. The van der Waals surface area contributed by atoms with Gasteiger partial charge < -0.3 is 14.6 Å². The zero-order valence-corrected chi connectivity index (χ0v) is 8.59. The molecule has 1 aliphatic rings. The number of ether oxygens (including phenoxy) is 2. The normalized spacial score (nSPS) is 22.7. The zero-order valence-electron chi connectivity index (χ0n) is 8.59. The lowest BCUT2D eigenvalue weighted by molar-refractivity contribution is 0.0876. The van der Waals surface area contributed by atoms with Crippen molar-refractivity contribution in [1.29, 1.82) is 0 Å². The molecule has 2 atom stereocenters. The molecule has 0 aromatic carbocycles. The first-order valence-corrected chi connectivity index (χ1v) is 4.94. The number of hydrogen-bond donors (Lipinski definition) is 1. The van der Waals surface area contributed by atoms with Gasteiger partial charge in [-0.3, -0.25) is 0 Å². The van der Waals surface area contributed by atoms with Crippen molar-refractivity contribution in [3.05, 3.63) is 17.8 Å². The summed E-state index contributed by atoms with van der Waals surface area (Å²) in [6.45, 7) is 1.31. The number of aliphatic hydroxyl groups is 1. The highest BCUT2D eigenvalue weighted by atomic mass is 16.5. The van der Waals surface area contributed by atoms with Gasteiger partial charge in [0.15, 0.2) is 0 Å². The predicted molar refractivity (Wildman–Crippen MR) is 52.5 cm³/mol. The van der Waals surface area contributed by atoms with Gasteiger partial charge in [0, 0.05) is 18.6 Å². The Labute approximate surface area is 88.0 Å². The van der Waals surface area contributed by atoms with Crippen LogP contribution in [0.5, 0.6) is 5.88 Å².